The number of nitrogens with zero attached hydrogens (tertiary/aromatic N) is 3. The van der Waals surface area contributed by atoms with Crippen LogP contribution in [-0.4, -0.2) is 62.1 Å². The lowest BCUT2D eigenvalue weighted by molar-refractivity contribution is 0.221. The predicted octanol–water partition coefficient (Wildman–Crippen LogP) is 1.80. The molecule has 1 heterocycles. The zero-order valence-electron chi connectivity index (χ0n) is 14.0. The van der Waals surface area contributed by atoms with E-state index in [9.17, 15) is 0 Å². The van der Waals surface area contributed by atoms with E-state index in [0.29, 0.717) is 0 Å². The highest BCUT2D eigenvalue weighted by Crippen LogP contribution is 2.18. The highest BCUT2D eigenvalue weighted by atomic mass is 16.5. The number of nitrogens with one attached hydrogen (secondary N) is 1. The number of ether oxygens (including phenoxy) is 1. The molecule has 0 fully saturated rings. The third-order valence-corrected chi connectivity index (χ3v) is 4.03. The minimum atomic E-state index is 0.722. The number of benzene rings is 1. The molecule has 1 aromatic carbocycles. The van der Waals surface area contributed by atoms with E-state index in [1.165, 1.54) is 5.56 Å². The second kappa shape index (κ2) is 8.63. The molecule has 0 aliphatic carbocycles. The lowest BCUT2D eigenvalue weighted by Gasteiger charge is -2.19. The van der Waals surface area contributed by atoms with Crippen LogP contribution in [0.25, 0.3) is 0 Å². The summed E-state index contributed by atoms with van der Waals surface area (Å²) in [6.45, 7) is 10.8. The van der Waals surface area contributed by atoms with Crippen LogP contribution in [-0.2, 0) is 6.54 Å². The summed E-state index contributed by atoms with van der Waals surface area (Å²) in [7, 11) is 2.06. The molecule has 22 heavy (non-hydrogen) atoms. The van der Waals surface area contributed by atoms with Crippen molar-refractivity contribution >= 4 is 5.96 Å². The van der Waals surface area contributed by atoms with Crippen LogP contribution in [0, 0.1) is 0 Å². The number of hydrogen-bond acceptors (Lipinski definition) is 5. The maximum absolute atomic E-state index is 5.98. The van der Waals surface area contributed by atoms with Crippen LogP contribution in [0.1, 0.15) is 19.4 Å². The van der Waals surface area contributed by atoms with Gasteiger partial charge in [-0.3, -0.25) is 4.99 Å². The number of para-hydroxylation sites is 1. The summed E-state index contributed by atoms with van der Waals surface area (Å²) in [4.78, 5) is 8.96. The molecular weight excluding hydrogens is 276 g/mol. The Kier molecular flexibility index (Phi) is 6.52. The normalized spacial score (nSPS) is 14.4. The van der Waals surface area contributed by atoms with Gasteiger partial charge in [0.2, 0.25) is 0 Å². The van der Waals surface area contributed by atoms with Crippen molar-refractivity contribution in [3.05, 3.63) is 29.8 Å². The Morgan fingerprint density at radius 2 is 2.05 bits per heavy atom. The monoisotopic (exact) mass is 304 g/mol. The van der Waals surface area contributed by atoms with Crippen molar-refractivity contribution < 1.29 is 4.74 Å². The molecule has 1 aromatic rings. The molecule has 2 rings (SSSR count). The van der Waals surface area contributed by atoms with Crippen LogP contribution in [0.15, 0.2) is 29.3 Å². The lowest BCUT2D eigenvalue weighted by Crippen LogP contribution is -2.35. The van der Waals surface area contributed by atoms with E-state index in [1.807, 2.05) is 12.1 Å². The van der Waals surface area contributed by atoms with Crippen LogP contribution in [0.4, 0.5) is 0 Å². The predicted molar refractivity (Wildman–Crippen MR) is 91.5 cm³/mol. The van der Waals surface area contributed by atoms with Gasteiger partial charge in [0.15, 0.2) is 5.96 Å². The topological polar surface area (TPSA) is 40.1 Å². The summed E-state index contributed by atoms with van der Waals surface area (Å²) in [5, 5.41) is 3.40. The summed E-state index contributed by atoms with van der Waals surface area (Å²) < 4.78 is 5.98. The van der Waals surface area contributed by atoms with Crippen LogP contribution < -0.4 is 10.1 Å². The Morgan fingerprint density at radius 1 is 1.27 bits per heavy atom. The van der Waals surface area contributed by atoms with E-state index in [-0.39, 0.29) is 0 Å². The Bertz CT molecular complexity index is 485. The molecule has 0 aromatic heterocycles. The summed E-state index contributed by atoms with van der Waals surface area (Å²) in [5.41, 5.74) is 1.17. The van der Waals surface area contributed by atoms with E-state index in [2.05, 4.69) is 53.1 Å². The van der Waals surface area contributed by atoms with Gasteiger partial charge in [0, 0.05) is 32.2 Å². The van der Waals surface area contributed by atoms with Crippen LogP contribution in [0.5, 0.6) is 5.75 Å². The van der Waals surface area contributed by atoms with Crippen molar-refractivity contribution in [2.75, 3.05) is 46.4 Å². The van der Waals surface area contributed by atoms with Crippen LogP contribution in [0.2, 0.25) is 0 Å². The van der Waals surface area contributed by atoms with Crippen molar-refractivity contribution in [3.8, 4) is 5.75 Å². The highest BCUT2D eigenvalue weighted by molar-refractivity contribution is 5.81. The fourth-order valence-corrected chi connectivity index (χ4v) is 2.51. The summed E-state index contributed by atoms with van der Waals surface area (Å²) in [5.74, 6) is 1.93. The number of aliphatic imine (C=N–C) groups is 1. The van der Waals surface area contributed by atoms with E-state index < -0.39 is 0 Å². The van der Waals surface area contributed by atoms with Gasteiger partial charge in [-0.05, 0) is 19.2 Å². The van der Waals surface area contributed by atoms with Crippen LogP contribution >= 0.6 is 0 Å². The molecule has 0 bridgehead atoms. The second-order valence-electron chi connectivity index (χ2n) is 5.46. The van der Waals surface area contributed by atoms with E-state index in [4.69, 9.17) is 4.74 Å². The molecule has 0 saturated carbocycles. The first-order valence-electron chi connectivity index (χ1n) is 8.17. The Morgan fingerprint density at radius 3 is 2.73 bits per heavy atom. The van der Waals surface area contributed by atoms with Crippen molar-refractivity contribution in [2.24, 2.45) is 4.99 Å². The molecule has 5 heteroatoms. The fourth-order valence-electron chi connectivity index (χ4n) is 2.51. The smallest absolute Gasteiger partial charge is 0.194 e. The minimum Gasteiger partial charge on any atom is -0.492 e. The highest BCUT2D eigenvalue weighted by Gasteiger charge is 2.12. The molecule has 1 N–H and O–H groups in total. The average molecular weight is 304 g/mol. The van der Waals surface area contributed by atoms with Gasteiger partial charge in [-0.1, -0.05) is 32.0 Å². The molecular formula is C17H28N4O. The van der Waals surface area contributed by atoms with Gasteiger partial charge in [-0.25, -0.2) is 0 Å². The minimum absolute atomic E-state index is 0.722. The maximum atomic E-state index is 5.98. The first-order valence-corrected chi connectivity index (χ1v) is 8.17. The lowest BCUT2D eigenvalue weighted by atomic mass is 10.2. The van der Waals surface area contributed by atoms with Gasteiger partial charge >= 0.3 is 0 Å². The first-order chi connectivity index (χ1) is 10.7. The zero-order chi connectivity index (χ0) is 15.8. The molecule has 1 aliphatic rings. The molecule has 0 amide bonds. The van der Waals surface area contributed by atoms with E-state index in [1.54, 1.807) is 0 Å². The van der Waals surface area contributed by atoms with Gasteiger partial charge in [0.05, 0.1) is 6.54 Å². The Hall–Kier alpha value is -1.75. The first kappa shape index (κ1) is 16.6. The molecule has 0 atom stereocenters. The van der Waals surface area contributed by atoms with Gasteiger partial charge in [0.1, 0.15) is 12.4 Å². The van der Waals surface area contributed by atoms with E-state index >= 15 is 0 Å². The molecule has 0 radical (unpaired) electrons. The Labute approximate surface area is 134 Å². The second-order valence-corrected chi connectivity index (χ2v) is 5.46. The number of rotatable bonds is 8. The van der Waals surface area contributed by atoms with Crippen LogP contribution in [0.3, 0.4) is 0 Å². The SMILES string of the molecule is CCN(CC)CCOc1ccccc1CNC1=NCCN1C. The number of hydrogen-bond donors (Lipinski definition) is 1. The maximum Gasteiger partial charge on any atom is 0.194 e. The van der Waals surface area contributed by atoms with E-state index in [0.717, 1.165) is 57.6 Å². The third kappa shape index (κ3) is 4.63. The van der Waals surface area contributed by atoms with Gasteiger partial charge in [0.25, 0.3) is 0 Å². The quantitative estimate of drug-likeness (QED) is 0.795. The molecule has 0 unspecified atom stereocenters. The zero-order valence-corrected chi connectivity index (χ0v) is 14.0. The van der Waals surface area contributed by atoms with Gasteiger partial charge in [-0.2, -0.15) is 0 Å². The largest absolute Gasteiger partial charge is 0.492 e. The van der Waals surface area contributed by atoms with Gasteiger partial charge < -0.3 is 19.9 Å². The molecule has 5 nitrogen and oxygen atoms in total. The number of guanidine groups is 1. The molecule has 0 spiro atoms. The van der Waals surface area contributed by atoms with Crippen molar-refractivity contribution in [1.82, 2.24) is 15.1 Å². The standard InChI is InChI=1S/C17H28N4O/c1-4-21(5-2)12-13-22-16-9-7-6-8-15(16)14-19-17-18-10-11-20(17)3/h6-9H,4-5,10-14H2,1-3H3,(H,18,19). The number of likely N-dealkylation sites (N-methyl/N-ethyl adjacent to an activating group) is 2. The van der Waals surface area contributed by atoms with Gasteiger partial charge in [-0.15, -0.1) is 0 Å². The molecule has 0 saturated heterocycles. The summed E-state index contributed by atoms with van der Waals surface area (Å²) in [6.07, 6.45) is 0. The Balaban J connectivity index is 1.86. The van der Waals surface area contributed by atoms with Crippen molar-refractivity contribution in [3.63, 3.8) is 0 Å². The molecule has 122 valence electrons. The average Bonchev–Trinajstić information content (AvgIpc) is 2.96. The summed E-state index contributed by atoms with van der Waals surface area (Å²) in [6, 6.07) is 8.22. The molecule has 1 aliphatic heterocycles. The fraction of sp³-hybridized carbons (Fsp3) is 0.588. The third-order valence-electron chi connectivity index (χ3n) is 4.03. The summed E-state index contributed by atoms with van der Waals surface area (Å²) >= 11 is 0. The van der Waals surface area contributed by atoms with Crippen molar-refractivity contribution in [1.29, 1.82) is 0 Å². The van der Waals surface area contributed by atoms with Crippen molar-refractivity contribution in [2.45, 2.75) is 20.4 Å².